The molecule has 26 heavy (non-hydrogen) atoms. The Morgan fingerprint density at radius 2 is 1.69 bits per heavy atom. The van der Waals surface area contributed by atoms with Crippen LogP contribution in [0.5, 0.6) is 0 Å². The van der Waals surface area contributed by atoms with Gasteiger partial charge in [0.05, 0.1) is 21.8 Å². The molecule has 1 heterocycles. The van der Waals surface area contributed by atoms with Crippen molar-refractivity contribution in [2.75, 3.05) is 18.4 Å². The molecule has 138 valence electrons. The molecule has 0 radical (unpaired) electrons. The third-order valence-corrected chi connectivity index (χ3v) is 4.26. The van der Waals surface area contributed by atoms with Gasteiger partial charge in [-0.15, -0.1) is 0 Å². The van der Waals surface area contributed by atoms with E-state index in [0.717, 1.165) is 12.8 Å². The van der Waals surface area contributed by atoms with Gasteiger partial charge in [-0.25, -0.2) is 0 Å². The maximum atomic E-state index is 12.7. The number of rotatable bonds is 7. The average molecular weight is 394 g/mol. The Labute approximate surface area is 163 Å². The van der Waals surface area contributed by atoms with E-state index in [1.807, 2.05) is 13.8 Å². The second-order valence-corrected chi connectivity index (χ2v) is 6.68. The van der Waals surface area contributed by atoms with Crippen molar-refractivity contribution in [2.24, 2.45) is 0 Å². The lowest BCUT2D eigenvalue weighted by Crippen LogP contribution is -2.32. The van der Waals surface area contributed by atoms with E-state index in [4.69, 9.17) is 23.2 Å². The molecule has 2 amide bonds. The number of nitrogens with zero attached hydrogens (tertiary/aromatic N) is 2. The summed E-state index contributed by atoms with van der Waals surface area (Å²) >= 11 is 12.0. The van der Waals surface area contributed by atoms with E-state index in [-0.39, 0.29) is 11.5 Å². The highest BCUT2D eigenvalue weighted by atomic mass is 35.5. The quantitative estimate of drug-likeness (QED) is 0.726. The Bertz CT molecular complexity index is 790. The molecule has 7 heteroatoms. The van der Waals surface area contributed by atoms with E-state index >= 15 is 0 Å². The first-order chi connectivity index (χ1) is 12.5. The summed E-state index contributed by atoms with van der Waals surface area (Å²) < 4.78 is 0. The van der Waals surface area contributed by atoms with Gasteiger partial charge in [-0.3, -0.25) is 14.6 Å². The van der Waals surface area contributed by atoms with Gasteiger partial charge in [-0.1, -0.05) is 37.0 Å². The number of aromatic nitrogens is 1. The molecule has 0 unspecified atom stereocenters. The molecular weight excluding hydrogens is 373 g/mol. The fraction of sp³-hybridized carbons (Fsp3) is 0.316. The number of hydrogen-bond acceptors (Lipinski definition) is 3. The number of carbonyl (C=O) groups is 2. The number of hydrogen-bond donors (Lipinski definition) is 1. The van der Waals surface area contributed by atoms with Crippen LogP contribution in [0, 0.1) is 0 Å². The molecule has 0 aliphatic heterocycles. The molecule has 0 fully saturated rings. The lowest BCUT2D eigenvalue weighted by Gasteiger charge is -2.21. The lowest BCUT2D eigenvalue weighted by atomic mass is 10.1. The standard InChI is InChI=1S/C19H21Cl2N3O2/c1-3-7-24(8-4-2)19(26)14-9-13(11-22-12-14)18(25)23-17-10-15(20)5-6-16(17)21/h5-6,9-12H,3-4,7-8H2,1-2H3,(H,23,25). The second-order valence-electron chi connectivity index (χ2n) is 5.83. The molecule has 1 N–H and O–H groups in total. The normalized spacial score (nSPS) is 10.5. The molecule has 0 aliphatic carbocycles. The molecule has 0 saturated heterocycles. The highest BCUT2D eigenvalue weighted by Gasteiger charge is 2.17. The van der Waals surface area contributed by atoms with Crippen molar-refractivity contribution < 1.29 is 9.59 Å². The summed E-state index contributed by atoms with van der Waals surface area (Å²) in [6, 6.07) is 6.34. The van der Waals surface area contributed by atoms with Gasteiger partial charge in [-0.2, -0.15) is 0 Å². The van der Waals surface area contributed by atoms with Crippen LogP contribution in [0.1, 0.15) is 47.4 Å². The predicted molar refractivity (Wildman–Crippen MR) is 105 cm³/mol. The summed E-state index contributed by atoms with van der Waals surface area (Å²) in [6.07, 6.45) is 4.62. The van der Waals surface area contributed by atoms with Crippen LogP contribution in [0.4, 0.5) is 5.69 Å². The van der Waals surface area contributed by atoms with Crippen LogP contribution in [0.3, 0.4) is 0 Å². The zero-order chi connectivity index (χ0) is 19.1. The molecule has 2 aromatic rings. The van der Waals surface area contributed by atoms with E-state index in [1.165, 1.54) is 12.4 Å². The van der Waals surface area contributed by atoms with Crippen LogP contribution in [0.2, 0.25) is 10.0 Å². The third-order valence-electron chi connectivity index (χ3n) is 3.70. The minimum Gasteiger partial charge on any atom is -0.339 e. The van der Waals surface area contributed by atoms with E-state index in [9.17, 15) is 9.59 Å². The summed E-state index contributed by atoms with van der Waals surface area (Å²) in [4.78, 5) is 31.0. The first-order valence-electron chi connectivity index (χ1n) is 8.47. The first-order valence-corrected chi connectivity index (χ1v) is 9.22. The Balaban J connectivity index is 2.21. The molecule has 0 bridgehead atoms. The van der Waals surface area contributed by atoms with Gasteiger partial charge < -0.3 is 10.2 Å². The Morgan fingerprint density at radius 1 is 1.04 bits per heavy atom. The molecule has 0 spiro atoms. The fourth-order valence-corrected chi connectivity index (χ4v) is 2.84. The third kappa shape index (κ3) is 5.19. The zero-order valence-corrected chi connectivity index (χ0v) is 16.3. The minimum absolute atomic E-state index is 0.128. The fourth-order valence-electron chi connectivity index (χ4n) is 2.51. The van der Waals surface area contributed by atoms with Crippen LogP contribution in [0.25, 0.3) is 0 Å². The number of pyridine rings is 1. The zero-order valence-electron chi connectivity index (χ0n) is 14.8. The van der Waals surface area contributed by atoms with E-state index in [2.05, 4.69) is 10.3 Å². The number of carbonyl (C=O) groups excluding carboxylic acids is 2. The van der Waals surface area contributed by atoms with Gasteiger partial charge >= 0.3 is 0 Å². The molecule has 0 aliphatic rings. The second kappa shape index (κ2) is 9.55. The van der Waals surface area contributed by atoms with Crippen LogP contribution in [-0.2, 0) is 0 Å². The van der Waals surface area contributed by atoms with Crippen molar-refractivity contribution >= 4 is 40.7 Å². The minimum atomic E-state index is -0.408. The first kappa shape index (κ1) is 20.2. The van der Waals surface area contributed by atoms with Crippen molar-refractivity contribution in [3.63, 3.8) is 0 Å². The van der Waals surface area contributed by atoms with Gasteiger partial charge in [0.1, 0.15) is 0 Å². The number of benzene rings is 1. The highest BCUT2D eigenvalue weighted by molar-refractivity contribution is 6.35. The number of amides is 2. The van der Waals surface area contributed by atoms with E-state index in [0.29, 0.717) is 34.4 Å². The maximum absolute atomic E-state index is 12.7. The van der Waals surface area contributed by atoms with Crippen molar-refractivity contribution in [1.82, 2.24) is 9.88 Å². The van der Waals surface area contributed by atoms with E-state index < -0.39 is 5.91 Å². The summed E-state index contributed by atoms with van der Waals surface area (Å²) in [5.74, 6) is -0.537. The smallest absolute Gasteiger partial charge is 0.257 e. The van der Waals surface area contributed by atoms with Crippen LogP contribution < -0.4 is 5.32 Å². The summed E-state index contributed by atoms with van der Waals surface area (Å²) in [6.45, 7) is 5.38. The monoisotopic (exact) mass is 393 g/mol. The number of nitrogens with one attached hydrogen (secondary N) is 1. The van der Waals surface area contributed by atoms with Gasteiger partial charge in [0.25, 0.3) is 11.8 Å². The highest BCUT2D eigenvalue weighted by Crippen LogP contribution is 2.26. The van der Waals surface area contributed by atoms with Crippen molar-refractivity contribution in [2.45, 2.75) is 26.7 Å². The Hall–Kier alpha value is -2.11. The largest absolute Gasteiger partial charge is 0.339 e. The summed E-state index contributed by atoms with van der Waals surface area (Å²) in [7, 11) is 0. The van der Waals surface area contributed by atoms with Gasteiger partial charge in [0, 0.05) is 30.5 Å². The van der Waals surface area contributed by atoms with Gasteiger partial charge in [-0.05, 0) is 37.1 Å². The van der Waals surface area contributed by atoms with Crippen LogP contribution in [-0.4, -0.2) is 34.8 Å². The van der Waals surface area contributed by atoms with Crippen molar-refractivity contribution in [3.05, 3.63) is 57.8 Å². The molecule has 0 saturated carbocycles. The molecular formula is C19H21Cl2N3O2. The Kier molecular flexibility index (Phi) is 7.42. The molecule has 1 aromatic carbocycles. The van der Waals surface area contributed by atoms with Crippen molar-refractivity contribution in [1.29, 1.82) is 0 Å². The number of anilines is 1. The molecule has 2 rings (SSSR count). The van der Waals surface area contributed by atoms with Crippen molar-refractivity contribution in [3.8, 4) is 0 Å². The summed E-state index contributed by atoms with van der Waals surface area (Å²) in [5, 5.41) is 3.53. The van der Waals surface area contributed by atoms with E-state index in [1.54, 1.807) is 29.2 Å². The Morgan fingerprint density at radius 3 is 2.35 bits per heavy atom. The topological polar surface area (TPSA) is 62.3 Å². The number of halogens is 2. The molecule has 1 aromatic heterocycles. The van der Waals surface area contributed by atoms with Gasteiger partial charge in [0.2, 0.25) is 0 Å². The maximum Gasteiger partial charge on any atom is 0.257 e. The summed E-state index contributed by atoms with van der Waals surface area (Å²) in [5.41, 5.74) is 1.07. The predicted octanol–water partition coefficient (Wildman–Crippen LogP) is 4.90. The SMILES string of the molecule is CCCN(CCC)C(=O)c1cncc(C(=O)Nc2cc(Cl)ccc2Cl)c1. The molecule has 0 atom stereocenters. The van der Waals surface area contributed by atoms with Crippen LogP contribution in [0.15, 0.2) is 36.7 Å². The average Bonchev–Trinajstić information content (AvgIpc) is 2.64. The lowest BCUT2D eigenvalue weighted by molar-refractivity contribution is 0.0755. The van der Waals surface area contributed by atoms with Crippen LogP contribution >= 0.6 is 23.2 Å². The van der Waals surface area contributed by atoms with Gasteiger partial charge in [0.15, 0.2) is 0 Å². The molecule has 5 nitrogen and oxygen atoms in total.